The molecule has 0 unspecified atom stereocenters. The van der Waals surface area contributed by atoms with Gasteiger partial charge in [-0.3, -0.25) is 0 Å². The summed E-state index contributed by atoms with van der Waals surface area (Å²) in [5.74, 6) is 0.970. The van der Waals surface area contributed by atoms with Crippen LogP contribution in [-0.4, -0.2) is 26.5 Å². The molecule has 19 heavy (non-hydrogen) atoms. The van der Waals surface area contributed by atoms with Gasteiger partial charge in [-0.2, -0.15) is 0 Å². The summed E-state index contributed by atoms with van der Waals surface area (Å²) in [5.41, 5.74) is 6.67. The Morgan fingerprint density at radius 3 is 2.68 bits per heavy atom. The van der Waals surface area contributed by atoms with Crippen molar-refractivity contribution >= 4 is 21.4 Å². The number of nitrogens with two attached hydrogens (primary N) is 1. The second-order valence-corrected chi connectivity index (χ2v) is 7.32. The average Bonchev–Trinajstić information content (AvgIpc) is 2.36. The molecule has 0 aromatic heterocycles. The summed E-state index contributed by atoms with van der Waals surface area (Å²) in [6, 6.07) is 5.07. The molecule has 1 aromatic rings. The van der Waals surface area contributed by atoms with Crippen LogP contribution < -0.4 is 10.5 Å². The maximum Gasteiger partial charge on any atom is 0.150 e. The molecule has 0 amide bonds. The van der Waals surface area contributed by atoms with E-state index in [-0.39, 0.29) is 17.5 Å². The third kappa shape index (κ3) is 5.38. The van der Waals surface area contributed by atoms with Gasteiger partial charge in [-0.15, -0.1) is 0 Å². The van der Waals surface area contributed by atoms with Gasteiger partial charge in [0.15, 0.2) is 0 Å². The van der Waals surface area contributed by atoms with Gasteiger partial charge in [0.25, 0.3) is 0 Å². The Bertz CT molecular complexity index is 515. The Hall–Kier alpha value is -0.780. The number of ether oxygens (including phenoxy) is 1. The second-order valence-electron chi connectivity index (χ2n) is 4.41. The molecular weight excluding hydrogens is 286 g/mol. The summed E-state index contributed by atoms with van der Waals surface area (Å²) in [6.45, 7) is 3.84. The standard InChI is InChI=1S/C13H20ClNO3S/c1-3-19(16,17)8-4-7-18-13-6-5-11(14)9-12(13)10(2)15/h5-6,9-10H,3-4,7-8,15H2,1-2H3/t10-/m1/s1. The zero-order valence-corrected chi connectivity index (χ0v) is 12.8. The van der Waals surface area contributed by atoms with Gasteiger partial charge in [0, 0.05) is 22.4 Å². The first-order valence-corrected chi connectivity index (χ1v) is 8.44. The van der Waals surface area contributed by atoms with Gasteiger partial charge in [-0.25, -0.2) is 8.42 Å². The monoisotopic (exact) mass is 305 g/mol. The predicted octanol–water partition coefficient (Wildman–Crippen LogP) is 2.56. The van der Waals surface area contributed by atoms with Crippen LogP contribution >= 0.6 is 11.6 Å². The fraction of sp³-hybridized carbons (Fsp3) is 0.538. The molecule has 0 bridgehead atoms. The van der Waals surface area contributed by atoms with E-state index >= 15 is 0 Å². The number of sulfone groups is 1. The van der Waals surface area contributed by atoms with Crippen molar-refractivity contribution in [2.45, 2.75) is 26.3 Å². The van der Waals surface area contributed by atoms with E-state index in [9.17, 15) is 8.42 Å². The van der Waals surface area contributed by atoms with Crippen LogP contribution in [0.3, 0.4) is 0 Å². The molecule has 6 heteroatoms. The van der Waals surface area contributed by atoms with Gasteiger partial charge in [-0.05, 0) is 31.5 Å². The van der Waals surface area contributed by atoms with Gasteiger partial charge < -0.3 is 10.5 Å². The van der Waals surface area contributed by atoms with E-state index in [4.69, 9.17) is 22.1 Å². The first kappa shape index (κ1) is 16.3. The lowest BCUT2D eigenvalue weighted by atomic mass is 10.1. The van der Waals surface area contributed by atoms with Gasteiger partial charge in [-0.1, -0.05) is 18.5 Å². The van der Waals surface area contributed by atoms with Crippen LogP contribution in [0.5, 0.6) is 5.75 Å². The maximum atomic E-state index is 11.3. The highest BCUT2D eigenvalue weighted by Gasteiger charge is 2.10. The maximum absolute atomic E-state index is 11.3. The van der Waals surface area contributed by atoms with Gasteiger partial charge in [0.2, 0.25) is 0 Å². The number of halogens is 1. The summed E-state index contributed by atoms with van der Waals surface area (Å²) in [5, 5.41) is 0.605. The average molecular weight is 306 g/mol. The lowest BCUT2D eigenvalue weighted by Crippen LogP contribution is -2.13. The van der Waals surface area contributed by atoms with E-state index in [1.807, 2.05) is 6.92 Å². The van der Waals surface area contributed by atoms with Crippen molar-refractivity contribution in [1.29, 1.82) is 0 Å². The molecule has 0 heterocycles. The summed E-state index contributed by atoms with van der Waals surface area (Å²) < 4.78 is 28.3. The normalized spacial score (nSPS) is 13.3. The molecular formula is C13H20ClNO3S. The van der Waals surface area contributed by atoms with Crippen LogP contribution in [0.4, 0.5) is 0 Å². The van der Waals surface area contributed by atoms with E-state index in [1.54, 1.807) is 25.1 Å². The zero-order valence-electron chi connectivity index (χ0n) is 11.2. The lowest BCUT2D eigenvalue weighted by Gasteiger charge is -2.14. The fourth-order valence-electron chi connectivity index (χ4n) is 1.61. The first-order valence-electron chi connectivity index (χ1n) is 6.24. The highest BCUT2D eigenvalue weighted by Crippen LogP contribution is 2.27. The van der Waals surface area contributed by atoms with E-state index in [0.29, 0.717) is 23.8 Å². The molecule has 0 radical (unpaired) electrons. The Kier molecular flexibility index (Phi) is 6.10. The highest BCUT2D eigenvalue weighted by atomic mass is 35.5. The van der Waals surface area contributed by atoms with Crippen LogP contribution in [0.2, 0.25) is 5.02 Å². The van der Waals surface area contributed by atoms with Gasteiger partial charge in [0.1, 0.15) is 15.6 Å². The van der Waals surface area contributed by atoms with Crippen LogP contribution in [0.25, 0.3) is 0 Å². The Balaban J connectivity index is 2.59. The molecule has 108 valence electrons. The Morgan fingerprint density at radius 1 is 1.42 bits per heavy atom. The minimum atomic E-state index is -2.93. The Morgan fingerprint density at radius 2 is 2.11 bits per heavy atom. The molecule has 0 saturated carbocycles. The van der Waals surface area contributed by atoms with Crippen molar-refractivity contribution in [3.8, 4) is 5.75 Å². The zero-order chi connectivity index (χ0) is 14.5. The van der Waals surface area contributed by atoms with Gasteiger partial charge >= 0.3 is 0 Å². The largest absolute Gasteiger partial charge is 0.493 e. The topological polar surface area (TPSA) is 69.4 Å². The van der Waals surface area contributed by atoms with E-state index in [2.05, 4.69) is 0 Å². The summed E-state index contributed by atoms with van der Waals surface area (Å²) in [4.78, 5) is 0. The summed E-state index contributed by atoms with van der Waals surface area (Å²) in [6.07, 6.45) is 0.469. The molecule has 2 N–H and O–H groups in total. The van der Waals surface area contributed by atoms with E-state index < -0.39 is 9.84 Å². The minimum Gasteiger partial charge on any atom is -0.493 e. The van der Waals surface area contributed by atoms with Crippen LogP contribution in [0.1, 0.15) is 31.9 Å². The SMILES string of the molecule is CCS(=O)(=O)CCCOc1ccc(Cl)cc1[C@@H](C)N. The van der Waals surface area contributed by atoms with Crippen LogP contribution in [0, 0.1) is 0 Å². The number of rotatable bonds is 7. The smallest absolute Gasteiger partial charge is 0.150 e. The molecule has 1 rings (SSSR count). The third-order valence-corrected chi connectivity index (χ3v) is 4.78. The highest BCUT2D eigenvalue weighted by molar-refractivity contribution is 7.91. The molecule has 0 aliphatic heterocycles. The summed E-state index contributed by atoms with van der Waals surface area (Å²) >= 11 is 5.91. The molecule has 0 aliphatic rings. The lowest BCUT2D eigenvalue weighted by molar-refractivity contribution is 0.313. The minimum absolute atomic E-state index is 0.143. The van der Waals surface area contributed by atoms with Crippen molar-refractivity contribution < 1.29 is 13.2 Å². The predicted molar refractivity (Wildman–Crippen MR) is 78.5 cm³/mol. The summed E-state index contributed by atoms with van der Waals surface area (Å²) in [7, 11) is -2.93. The van der Waals surface area contributed by atoms with Crippen LogP contribution in [-0.2, 0) is 9.84 Å². The van der Waals surface area contributed by atoms with Crippen molar-refractivity contribution in [3.05, 3.63) is 28.8 Å². The van der Waals surface area contributed by atoms with E-state index in [0.717, 1.165) is 5.56 Å². The molecule has 0 aliphatic carbocycles. The molecule has 4 nitrogen and oxygen atoms in total. The first-order chi connectivity index (χ1) is 8.85. The second kappa shape index (κ2) is 7.12. The Labute approximate surface area is 119 Å². The van der Waals surface area contributed by atoms with Crippen molar-refractivity contribution in [2.75, 3.05) is 18.1 Å². The number of hydrogen-bond acceptors (Lipinski definition) is 4. The molecule has 0 spiro atoms. The third-order valence-electron chi connectivity index (χ3n) is 2.76. The quantitative estimate of drug-likeness (QED) is 0.786. The fourth-order valence-corrected chi connectivity index (χ4v) is 2.64. The van der Waals surface area contributed by atoms with Crippen molar-refractivity contribution in [3.63, 3.8) is 0 Å². The van der Waals surface area contributed by atoms with E-state index in [1.165, 1.54) is 0 Å². The molecule has 0 fully saturated rings. The number of hydrogen-bond donors (Lipinski definition) is 1. The molecule has 0 saturated heterocycles. The molecule has 1 aromatic carbocycles. The van der Waals surface area contributed by atoms with Gasteiger partial charge in [0.05, 0.1) is 12.4 Å². The number of benzene rings is 1. The van der Waals surface area contributed by atoms with Crippen molar-refractivity contribution in [1.82, 2.24) is 0 Å². The van der Waals surface area contributed by atoms with Crippen LogP contribution in [0.15, 0.2) is 18.2 Å². The van der Waals surface area contributed by atoms with Crippen molar-refractivity contribution in [2.24, 2.45) is 5.73 Å². The molecule has 1 atom stereocenters.